The predicted octanol–water partition coefficient (Wildman–Crippen LogP) is 0.210. The highest BCUT2D eigenvalue weighted by Gasteiger charge is 2.53. The molecule has 2 aliphatic rings. The zero-order valence-corrected chi connectivity index (χ0v) is 11.6. The average Bonchev–Trinajstić information content (AvgIpc) is 2.79. The topological polar surface area (TPSA) is 105 Å². The number of carboxylic acid groups (broad SMARTS) is 1. The van der Waals surface area contributed by atoms with E-state index in [0.29, 0.717) is 0 Å². The van der Waals surface area contributed by atoms with Crippen LogP contribution >= 0.6 is 0 Å². The van der Waals surface area contributed by atoms with Crippen molar-refractivity contribution in [3.8, 4) is 0 Å². The molecule has 0 saturated carbocycles. The number of likely N-dealkylation sites (tertiary alicyclic amines) is 1. The van der Waals surface area contributed by atoms with Gasteiger partial charge in [0.2, 0.25) is 0 Å². The molecule has 112 valence electrons. The van der Waals surface area contributed by atoms with Gasteiger partial charge >= 0.3 is 12.2 Å². The highest BCUT2D eigenvalue weighted by molar-refractivity contribution is 5.91. The number of fused-ring (bicyclic) bond motifs is 1. The average molecular weight is 286 g/mol. The van der Waals surface area contributed by atoms with Gasteiger partial charge in [0.25, 0.3) is 0 Å². The molecule has 0 aromatic carbocycles. The third-order valence-corrected chi connectivity index (χ3v) is 3.13. The van der Waals surface area contributed by atoms with E-state index in [9.17, 15) is 14.4 Å². The molecule has 0 spiro atoms. The van der Waals surface area contributed by atoms with Crippen LogP contribution in [0.4, 0.5) is 9.59 Å². The Bertz CT molecular complexity index is 444. The zero-order chi connectivity index (χ0) is 15.1. The number of alkyl carbamates (subject to hydrolysis) is 1. The lowest BCUT2D eigenvalue weighted by Gasteiger charge is -2.23. The van der Waals surface area contributed by atoms with Crippen molar-refractivity contribution in [2.75, 3.05) is 13.2 Å². The van der Waals surface area contributed by atoms with Crippen LogP contribution in [0.5, 0.6) is 0 Å². The first-order valence-corrected chi connectivity index (χ1v) is 6.32. The van der Waals surface area contributed by atoms with Crippen molar-refractivity contribution in [1.82, 2.24) is 10.2 Å². The molecule has 8 nitrogen and oxygen atoms in total. The van der Waals surface area contributed by atoms with Crippen LogP contribution < -0.4 is 5.32 Å². The number of nitrogens with zero attached hydrogens (tertiary/aromatic N) is 1. The molecule has 3 unspecified atom stereocenters. The second-order valence-electron chi connectivity index (χ2n) is 5.87. The van der Waals surface area contributed by atoms with Gasteiger partial charge in [-0.05, 0) is 20.8 Å². The Kier molecular flexibility index (Phi) is 3.59. The molecule has 2 fully saturated rings. The predicted molar refractivity (Wildman–Crippen MR) is 66.4 cm³/mol. The molecule has 2 rings (SSSR count). The van der Waals surface area contributed by atoms with E-state index in [2.05, 4.69) is 5.32 Å². The van der Waals surface area contributed by atoms with Crippen molar-refractivity contribution < 1.29 is 29.0 Å². The normalized spacial score (nSPS) is 29.2. The molecule has 2 heterocycles. The van der Waals surface area contributed by atoms with Gasteiger partial charge < -0.3 is 19.9 Å². The summed E-state index contributed by atoms with van der Waals surface area (Å²) in [6.45, 7) is 5.05. The van der Waals surface area contributed by atoms with Crippen LogP contribution in [0.1, 0.15) is 20.8 Å². The first-order chi connectivity index (χ1) is 9.19. The number of ketones is 1. The molecule has 2 saturated heterocycles. The Morgan fingerprint density at radius 1 is 1.45 bits per heavy atom. The van der Waals surface area contributed by atoms with Crippen LogP contribution in [0.25, 0.3) is 0 Å². The Hall–Kier alpha value is -1.83. The Labute approximate surface area is 116 Å². The molecular weight excluding hydrogens is 268 g/mol. The summed E-state index contributed by atoms with van der Waals surface area (Å²) in [6.07, 6.45) is -2.50. The number of hydrogen-bond acceptors (Lipinski definition) is 5. The number of rotatable bonds is 1. The minimum Gasteiger partial charge on any atom is -0.465 e. The highest BCUT2D eigenvalue weighted by Crippen LogP contribution is 2.27. The molecule has 0 aromatic heterocycles. The summed E-state index contributed by atoms with van der Waals surface area (Å²) < 4.78 is 10.4. The van der Waals surface area contributed by atoms with E-state index < -0.39 is 36.0 Å². The van der Waals surface area contributed by atoms with Gasteiger partial charge in [0.15, 0.2) is 5.78 Å². The third-order valence-electron chi connectivity index (χ3n) is 3.13. The van der Waals surface area contributed by atoms with E-state index in [1.807, 2.05) is 0 Å². The monoisotopic (exact) mass is 286 g/mol. The summed E-state index contributed by atoms with van der Waals surface area (Å²) in [6, 6.07) is -1.43. The van der Waals surface area contributed by atoms with E-state index in [1.54, 1.807) is 20.8 Å². The zero-order valence-electron chi connectivity index (χ0n) is 11.6. The number of amides is 2. The molecule has 3 atom stereocenters. The van der Waals surface area contributed by atoms with Crippen LogP contribution in [0.15, 0.2) is 0 Å². The van der Waals surface area contributed by atoms with Crippen LogP contribution in [0, 0.1) is 0 Å². The number of Topliss-reactive ketones (excluding diaryl/α,β-unsaturated/α-hetero) is 1. The van der Waals surface area contributed by atoms with Crippen molar-refractivity contribution in [2.45, 2.75) is 44.6 Å². The molecule has 0 radical (unpaired) electrons. The molecule has 0 bridgehead atoms. The SMILES string of the molecule is CC(C)(C)OC(=O)NC1CN(C(=O)O)C2C(=O)COC12. The summed E-state index contributed by atoms with van der Waals surface area (Å²) in [5.74, 6) is -0.286. The fourth-order valence-electron chi connectivity index (χ4n) is 2.44. The summed E-state index contributed by atoms with van der Waals surface area (Å²) in [5.41, 5.74) is -0.652. The smallest absolute Gasteiger partial charge is 0.408 e. The number of ether oxygens (including phenoxy) is 2. The van der Waals surface area contributed by atoms with Crippen molar-refractivity contribution in [2.24, 2.45) is 0 Å². The first kappa shape index (κ1) is 14.6. The van der Waals surface area contributed by atoms with E-state index in [1.165, 1.54) is 0 Å². The van der Waals surface area contributed by atoms with Gasteiger partial charge in [0.05, 0.1) is 6.04 Å². The summed E-state index contributed by atoms with van der Waals surface area (Å²) in [4.78, 5) is 35.5. The van der Waals surface area contributed by atoms with E-state index in [-0.39, 0.29) is 18.9 Å². The van der Waals surface area contributed by atoms with Crippen molar-refractivity contribution in [3.05, 3.63) is 0 Å². The van der Waals surface area contributed by atoms with Gasteiger partial charge in [-0.15, -0.1) is 0 Å². The molecule has 20 heavy (non-hydrogen) atoms. The minimum absolute atomic E-state index is 0.00957. The van der Waals surface area contributed by atoms with Gasteiger partial charge in [-0.3, -0.25) is 9.69 Å². The fourth-order valence-corrected chi connectivity index (χ4v) is 2.44. The van der Waals surface area contributed by atoms with E-state index in [4.69, 9.17) is 14.6 Å². The van der Waals surface area contributed by atoms with Crippen LogP contribution in [-0.2, 0) is 14.3 Å². The van der Waals surface area contributed by atoms with Gasteiger partial charge in [-0.1, -0.05) is 0 Å². The van der Waals surface area contributed by atoms with Gasteiger partial charge in [-0.25, -0.2) is 9.59 Å². The quantitative estimate of drug-likeness (QED) is 0.714. The Morgan fingerprint density at radius 3 is 2.65 bits per heavy atom. The fraction of sp³-hybridized carbons (Fsp3) is 0.750. The van der Waals surface area contributed by atoms with Crippen LogP contribution in [0.3, 0.4) is 0 Å². The summed E-state index contributed by atoms with van der Waals surface area (Å²) in [7, 11) is 0. The lowest BCUT2D eigenvalue weighted by atomic mass is 10.1. The van der Waals surface area contributed by atoms with Crippen molar-refractivity contribution in [1.29, 1.82) is 0 Å². The third kappa shape index (κ3) is 2.84. The van der Waals surface area contributed by atoms with E-state index >= 15 is 0 Å². The van der Waals surface area contributed by atoms with Crippen LogP contribution in [-0.4, -0.2) is 64.9 Å². The van der Waals surface area contributed by atoms with E-state index in [0.717, 1.165) is 4.90 Å². The number of nitrogens with one attached hydrogen (secondary N) is 1. The molecule has 0 aromatic rings. The highest BCUT2D eigenvalue weighted by atomic mass is 16.6. The lowest BCUT2D eigenvalue weighted by molar-refractivity contribution is -0.120. The number of hydrogen-bond donors (Lipinski definition) is 2. The Morgan fingerprint density at radius 2 is 2.10 bits per heavy atom. The second kappa shape index (κ2) is 4.93. The molecule has 2 amide bonds. The molecule has 8 heteroatoms. The van der Waals surface area contributed by atoms with Gasteiger partial charge in [-0.2, -0.15) is 0 Å². The lowest BCUT2D eigenvalue weighted by Crippen LogP contribution is -2.46. The number of carbonyl (C=O) groups excluding carboxylic acids is 2. The number of carbonyl (C=O) groups is 3. The largest absolute Gasteiger partial charge is 0.465 e. The summed E-state index contributed by atoms with van der Waals surface area (Å²) in [5, 5.41) is 11.7. The summed E-state index contributed by atoms with van der Waals surface area (Å²) >= 11 is 0. The minimum atomic E-state index is -1.20. The maximum atomic E-state index is 11.7. The Balaban J connectivity index is 2.05. The second-order valence-corrected chi connectivity index (χ2v) is 5.87. The van der Waals surface area contributed by atoms with Crippen molar-refractivity contribution in [3.63, 3.8) is 0 Å². The van der Waals surface area contributed by atoms with Gasteiger partial charge in [0, 0.05) is 6.54 Å². The van der Waals surface area contributed by atoms with Crippen LogP contribution in [0.2, 0.25) is 0 Å². The van der Waals surface area contributed by atoms with Gasteiger partial charge in [0.1, 0.15) is 24.4 Å². The standard InChI is InChI=1S/C12H18N2O6/c1-12(2,3)20-10(16)13-6-4-14(11(17)18)8-7(15)5-19-9(6)8/h6,8-9H,4-5H2,1-3H3,(H,13,16)(H,17,18). The first-order valence-electron chi connectivity index (χ1n) is 6.32. The molecule has 0 aliphatic carbocycles. The van der Waals surface area contributed by atoms with Crippen molar-refractivity contribution >= 4 is 18.0 Å². The molecule has 2 N–H and O–H groups in total. The maximum Gasteiger partial charge on any atom is 0.408 e. The molecule has 2 aliphatic heterocycles. The molecular formula is C12H18N2O6. The maximum absolute atomic E-state index is 11.7.